The molecule has 0 atom stereocenters. The zero-order valence-corrected chi connectivity index (χ0v) is 10.1. The lowest BCUT2D eigenvalue weighted by molar-refractivity contribution is 0.288. The van der Waals surface area contributed by atoms with Crippen molar-refractivity contribution in [2.45, 2.75) is 0 Å². The van der Waals surface area contributed by atoms with Gasteiger partial charge >= 0.3 is 7.32 Å². The summed E-state index contributed by atoms with van der Waals surface area (Å²) in [7, 11) is -1.81. The van der Waals surface area contributed by atoms with Crippen LogP contribution in [0.2, 0.25) is 0 Å². The zero-order valence-electron chi connectivity index (χ0n) is 10.1. The summed E-state index contributed by atoms with van der Waals surface area (Å²) in [6.07, 6.45) is 0. The average Bonchev–Trinajstić information content (AvgIpc) is 2.35. The minimum absolute atomic E-state index is 0.414. The van der Waals surface area contributed by atoms with Gasteiger partial charge in [-0.3, -0.25) is 0 Å². The molecule has 0 aromatic heterocycles. The fourth-order valence-corrected chi connectivity index (χ4v) is 2.19. The van der Waals surface area contributed by atoms with Crippen molar-refractivity contribution in [1.29, 1.82) is 0 Å². The largest absolute Gasteiger partial charge is 0.707 e. The fraction of sp³-hybridized carbons (Fsp3) is 0. The predicted octanol–water partition coefficient (Wildman–Crippen LogP) is 1.92. The average molecular weight is 253 g/mol. The lowest BCUT2D eigenvalue weighted by Crippen LogP contribution is -2.20. The zero-order chi connectivity index (χ0) is 13.4. The van der Waals surface area contributed by atoms with Crippen LogP contribution >= 0.6 is 0 Å². The quantitative estimate of drug-likeness (QED) is 0.370. The molecule has 0 radical (unpaired) electrons. The summed E-state index contributed by atoms with van der Waals surface area (Å²) < 4.78 is 4.84. The van der Waals surface area contributed by atoms with Gasteiger partial charge in [-0.05, 0) is 57.9 Å². The maximum Gasteiger partial charge on any atom is 0.707 e. The predicted molar refractivity (Wildman–Crippen MR) is 76.7 cm³/mol. The first-order valence-electron chi connectivity index (χ1n) is 5.88. The Morgan fingerprint density at radius 3 is 2.11 bits per heavy atom. The maximum absolute atomic E-state index is 8.80. The van der Waals surface area contributed by atoms with Crippen molar-refractivity contribution in [3.05, 3.63) is 48.5 Å². The van der Waals surface area contributed by atoms with Gasteiger partial charge in [-0.15, -0.1) is 0 Å². The van der Waals surface area contributed by atoms with Gasteiger partial charge in [-0.25, -0.2) is 0 Å². The minimum atomic E-state index is -1.81. The fourth-order valence-electron chi connectivity index (χ4n) is 2.19. The topological polar surface area (TPSA) is 75.7 Å². The molecule has 0 saturated heterocycles. The third-order valence-electron chi connectivity index (χ3n) is 3.03. The molecule has 0 aliphatic carbocycles. The van der Waals surface area contributed by atoms with Crippen molar-refractivity contribution in [1.82, 2.24) is 0 Å². The van der Waals surface area contributed by atoms with Crippen LogP contribution in [0.3, 0.4) is 0 Å². The van der Waals surface area contributed by atoms with Gasteiger partial charge < -0.3 is 20.4 Å². The Morgan fingerprint density at radius 2 is 1.42 bits per heavy atom. The number of hydrogen-bond donors (Lipinski definition) is 3. The van der Waals surface area contributed by atoms with Crippen LogP contribution < -0.4 is 10.4 Å². The number of nitrogen functional groups attached to an aromatic ring is 1. The molecule has 0 saturated carbocycles. The highest BCUT2D eigenvalue weighted by molar-refractivity contribution is 6.33. The highest BCUT2D eigenvalue weighted by Gasteiger charge is 2.11. The Bertz CT molecular complexity index is 758. The molecule has 0 aliphatic heterocycles. The molecule has 3 rings (SSSR count). The van der Waals surface area contributed by atoms with Gasteiger partial charge in [0.1, 0.15) is 5.75 Å². The first-order valence-corrected chi connectivity index (χ1v) is 5.88. The molecule has 0 bridgehead atoms. The summed E-state index contributed by atoms with van der Waals surface area (Å²) in [5, 5.41) is 21.8. The summed E-state index contributed by atoms with van der Waals surface area (Å²) in [6, 6.07) is 15.1. The molecule has 3 aromatic rings. The lowest BCUT2D eigenvalue weighted by Gasteiger charge is -2.07. The van der Waals surface area contributed by atoms with Crippen LogP contribution in [0.5, 0.6) is 5.75 Å². The molecule has 0 fully saturated rings. The van der Waals surface area contributed by atoms with Gasteiger partial charge in [0.05, 0.1) is 0 Å². The third-order valence-corrected chi connectivity index (χ3v) is 3.03. The van der Waals surface area contributed by atoms with Crippen molar-refractivity contribution in [3.63, 3.8) is 0 Å². The van der Waals surface area contributed by atoms with E-state index in [0.29, 0.717) is 5.75 Å². The first kappa shape index (κ1) is 11.8. The van der Waals surface area contributed by atoms with Crippen LogP contribution in [0.25, 0.3) is 21.5 Å². The smallest absolute Gasteiger partial charge is 0.512 e. The molecule has 0 amide bonds. The molecular formula is C14H12BNO3. The molecule has 4 N–H and O–H groups in total. The van der Waals surface area contributed by atoms with Gasteiger partial charge in [0.2, 0.25) is 0 Å². The van der Waals surface area contributed by atoms with E-state index in [0.717, 1.165) is 27.2 Å². The number of benzene rings is 3. The van der Waals surface area contributed by atoms with E-state index < -0.39 is 7.32 Å². The Hall–Kier alpha value is -2.24. The van der Waals surface area contributed by atoms with Gasteiger partial charge in [0.25, 0.3) is 0 Å². The van der Waals surface area contributed by atoms with E-state index in [2.05, 4.69) is 0 Å². The molecular weight excluding hydrogens is 241 g/mol. The maximum atomic E-state index is 8.80. The van der Waals surface area contributed by atoms with E-state index >= 15 is 0 Å². The Labute approximate surface area is 110 Å². The standard InChI is InChI=1S/C14H12BNO3/c16-13-3-1-9-6-12-8-14(19-15(17)18)4-2-10(12)5-11(9)7-13/h1-8,17-18H,16H2. The van der Waals surface area contributed by atoms with Crippen molar-refractivity contribution < 1.29 is 14.7 Å². The summed E-state index contributed by atoms with van der Waals surface area (Å²) in [5.74, 6) is 0.414. The van der Waals surface area contributed by atoms with E-state index in [-0.39, 0.29) is 0 Å². The van der Waals surface area contributed by atoms with Crippen LogP contribution in [0.1, 0.15) is 0 Å². The number of rotatable bonds is 2. The van der Waals surface area contributed by atoms with E-state index in [1.165, 1.54) is 0 Å². The van der Waals surface area contributed by atoms with Crippen molar-refractivity contribution in [3.8, 4) is 5.75 Å². The molecule has 4 nitrogen and oxygen atoms in total. The van der Waals surface area contributed by atoms with Gasteiger partial charge in [0, 0.05) is 5.69 Å². The van der Waals surface area contributed by atoms with Gasteiger partial charge in [0.15, 0.2) is 0 Å². The number of nitrogens with two attached hydrogens (primary N) is 1. The number of anilines is 1. The SMILES string of the molecule is Nc1ccc2cc3cc(OB(O)O)ccc3cc2c1. The minimum Gasteiger partial charge on any atom is -0.512 e. The second-order valence-electron chi connectivity index (χ2n) is 4.41. The van der Waals surface area contributed by atoms with E-state index in [1.807, 2.05) is 36.4 Å². The highest BCUT2D eigenvalue weighted by Crippen LogP contribution is 2.27. The molecule has 94 valence electrons. The van der Waals surface area contributed by atoms with Crippen LogP contribution in [-0.2, 0) is 0 Å². The summed E-state index contributed by atoms with van der Waals surface area (Å²) >= 11 is 0. The van der Waals surface area contributed by atoms with E-state index in [9.17, 15) is 0 Å². The molecule has 5 heteroatoms. The summed E-state index contributed by atoms with van der Waals surface area (Å²) in [4.78, 5) is 0. The van der Waals surface area contributed by atoms with E-state index in [1.54, 1.807) is 12.1 Å². The molecule has 0 unspecified atom stereocenters. The summed E-state index contributed by atoms with van der Waals surface area (Å²) in [5.41, 5.74) is 6.50. The first-order chi connectivity index (χ1) is 9.11. The second kappa shape index (κ2) is 4.46. The normalized spacial score (nSPS) is 10.8. The van der Waals surface area contributed by atoms with Gasteiger partial charge in [-0.1, -0.05) is 12.1 Å². The molecule has 3 aromatic carbocycles. The monoisotopic (exact) mass is 253 g/mol. The Morgan fingerprint density at radius 1 is 0.789 bits per heavy atom. The second-order valence-corrected chi connectivity index (χ2v) is 4.41. The number of fused-ring (bicyclic) bond motifs is 2. The van der Waals surface area contributed by atoms with Crippen LogP contribution in [0, 0.1) is 0 Å². The Kier molecular flexibility index (Phi) is 2.78. The summed E-state index contributed by atoms with van der Waals surface area (Å²) in [6.45, 7) is 0. The van der Waals surface area contributed by atoms with Crippen LogP contribution in [0.4, 0.5) is 5.69 Å². The molecule has 0 heterocycles. The third kappa shape index (κ3) is 2.34. The van der Waals surface area contributed by atoms with Crippen LogP contribution in [0.15, 0.2) is 48.5 Å². The van der Waals surface area contributed by atoms with Crippen molar-refractivity contribution in [2.75, 3.05) is 5.73 Å². The Balaban J connectivity index is 2.17. The molecule has 0 aliphatic rings. The molecule has 19 heavy (non-hydrogen) atoms. The van der Waals surface area contributed by atoms with Gasteiger partial charge in [-0.2, -0.15) is 0 Å². The van der Waals surface area contributed by atoms with Crippen molar-refractivity contribution in [2.24, 2.45) is 0 Å². The highest BCUT2D eigenvalue weighted by atomic mass is 16.6. The number of hydrogen-bond acceptors (Lipinski definition) is 4. The lowest BCUT2D eigenvalue weighted by atomic mass is 10.0. The van der Waals surface area contributed by atoms with E-state index in [4.69, 9.17) is 20.4 Å². The molecule has 0 spiro atoms. The van der Waals surface area contributed by atoms with Crippen LogP contribution in [-0.4, -0.2) is 17.4 Å². The van der Waals surface area contributed by atoms with Crippen molar-refractivity contribution >= 4 is 34.6 Å².